The van der Waals surface area contributed by atoms with Crippen LogP contribution in [0.15, 0.2) is 5.38 Å². The largest absolute Gasteiger partial charge is 0.480 e. The molecular formula is C11H15N3O3S. The van der Waals surface area contributed by atoms with Gasteiger partial charge in [-0.15, -0.1) is 5.10 Å². The second-order valence-electron chi connectivity index (χ2n) is 4.55. The fraction of sp³-hybridized carbons (Fsp3) is 0.636. The Morgan fingerprint density at radius 1 is 1.28 bits per heavy atom. The van der Waals surface area contributed by atoms with Gasteiger partial charge in [-0.1, -0.05) is 30.2 Å². The first-order valence-electron chi connectivity index (χ1n) is 5.97. The summed E-state index contributed by atoms with van der Waals surface area (Å²) >= 11 is 1.07. The number of rotatable bonds is 3. The highest BCUT2D eigenvalue weighted by Gasteiger charge is 2.40. The summed E-state index contributed by atoms with van der Waals surface area (Å²) in [6.07, 6.45) is 4.63. The summed E-state index contributed by atoms with van der Waals surface area (Å²) in [4.78, 5) is 23.4. The van der Waals surface area contributed by atoms with Crippen LogP contribution in [0.2, 0.25) is 0 Å². The van der Waals surface area contributed by atoms with Crippen molar-refractivity contribution in [3.8, 4) is 0 Å². The molecule has 1 aromatic heterocycles. The van der Waals surface area contributed by atoms with Crippen LogP contribution in [-0.4, -0.2) is 32.1 Å². The Balaban J connectivity index is 2.15. The highest BCUT2D eigenvalue weighted by atomic mass is 32.1. The van der Waals surface area contributed by atoms with E-state index in [4.69, 9.17) is 0 Å². The molecular weight excluding hydrogens is 254 g/mol. The van der Waals surface area contributed by atoms with Gasteiger partial charge in [-0.25, -0.2) is 4.79 Å². The van der Waals surface area contributed by atoms with Crippen molar-refractivity contribution in [1.82, 2.24) is 14.9 Å². The lowest BCUT2D eigenvalue weighted by atomic mass is 9.90. The Kier molecular flexibility index (Phi) is 3.90. The Morgan fingerprint density at radius 3 is 2.44 bits per heavy atom. The molecule has 2 N–H and O–H groups in total. The number of nitrogens with zero attached hydrogens (tertiary/aromatic N) is 2. The van der Waals surface area contributed by atoms with E-state index in [1.165, 1.54) is 5.38 Å². The molecule has 0 aromatic carbocycles. The summed E-state index contributed by atoms with van der Waals surface area (Å²) in [6.45, 7) is 0. The molecule has 1 amide bonds. The lowest BCUT2D eigenvalue weighted by molar-refractivity contribution is -0.145. The van der Waals surface area contributed by atoms with Gasteiger partial charge >= 0.3 is 5.97 Å². The van der Waals surface area contributed by atoms with Crippen LogP contribution in [0, 0.1) is 0 Å². The van der Waals surface area contributed by atoms with Crippen LogP contribution in [-0.2, 0) is 4.79 Å². The van der Waals surface area contributed by atoms with E-state index in [1.54, 1.807) is 0 Å². The molecule has 18 heavy (non-hydrogen) atoms. The highest BCUT2D eigenvalue weighted by molar-refractivity contribution is 7.03. The number of carbonyl (C=O) groups is 2. The van der Waals surface area contributed by atoms with Crippen LogP contribution in [0.5, 0.6) is 0 Å². The van der Waals surface area contributed by atoms with Gasteiger partial charge in [-0.3, -0.25) is 4.79 Å². The van der Waals surface area contributed by atoms with Crippen LogP contribution in [0.1, 0.15) is 49.0 Å². The van der Waals surface area contributed by atoms with E-state index < -0.39 is 17.4 Å². The Hall–Kier alpha value is -1.50. The van der Waals surface area contributed by atoms with Crippen molar-refractivity contribution >= 4 is 23.4 Å². The van der Waals surface area contributed by atoms with Crippen LogP contribution in [0.4, 0.5) is 0 Å². The lowest BCUT2D eigenvalue weighted by Crippen LogP contribution is -2.54. The summed E-state index contributed by atoms with van der Waals surface area (Å²) in [6, 6.07) is 0. The Morgan fingerprint density at radius 2 is 1.94 bits per heavy atom. The van der Waals surface area contributed by atoms with Gasteiger partial charge in [0.15, 0.2) is 5.69 Å². The zero-order chi connectivity index (χ0) is 13.0. The summed E-state index contributed by atoms with van der Waals surface area (Å²) in [5, 5.41) is 17.2. The predicted molar refractivity (Wildman–Crippen MR) is 65.4 cm³/mol. The number of amides is 1. The van der Waals surface area contributed by atoms with Crippen molar-refractivity contribution in [3.63, 3.8) is 0 Å². The molecule has 1 heterocycles. The zero-order valence-corrected chi connectivity index (χ0v) is 10.7. The smallest absolute Gasteiger partial charge is 0.329 e. The topological polar surface area (TPSA) is 92.2 Å². The van der Waals surface area contributed by atoms with E-state index in [0.29, 0.717) is 12.8 Å². The molecule has 0 bridgehead atoms. The Labute approximate surface area is 109 Å². The highest BCUT2D eigenvalue weighted by Crippen LogP contribution is 2.27. The maximum absolute atomic E-state index is 11.9. The summed E-state index contributed by atoms with van der Waals surface area (Å²) in [5.41, 5.74) is -0.957. The fourth-order valence-corrected chi connectivity index (χ4v) is 2.71. The van der Waals surface area contributed by atoms with E-state index in [0.717, 1.165) is 37.2 Å². The van der Waals surface area contributed by atoms with Gasteiger partial charge in [0.1, 0.15) is 5.54 Å². The fourth-order valence-electron chi connectivity index (χ4n) is 2.27. The Bertz CT molecular complexity index is 425. The van der Waals surface area contributed by atoms with Crippen LogP contribution in [0.3, 0.4) is 0 Å². The number of nitrogens with one attached hydrogen (secondary N) is 1. The van der Waals surface area contributed by atoms with Gasteiger partial charge in [0.25, 0.3) is 5.91 Å². The molecule has 7 heteroatoms. The SMILES string of the molecule is O=C(NC1(C(=O)O)CCCCCC1)c1csnn1. The first-order chi connectivity index (χ1) is 8.64. The number of hydrogen-bond acceptors (Lipinski definition) is 5. The number of aromatic nitrogens is 2. The van der Waals surface area contributed by atoms with Gasteiger partial charge in [0.05, 0.1) is 0 Å². The monoisotopic (exact) mass is 269 g/mol. The second kappa shape index (κ2) is 5.43. The van der Waals surface area contributed by atoms with Crippen molar-refractivity contribution in [2.45, 2.75) is 44.1 Å². The molecule has 1 aliphatic rings. The maximum Gasteiger partial charge on any atom is 0.329 e. The first kappa shape index (κ1) is 12.9. The maximum atomic E-state index is 11.9. The van der Waals surface area contributed by atoms with Crippen molar-refractivity contribution in [2.24, 2.45) is 0 Å². The lowest BCUT2D eigenvalue weighted by Gasteiger charge is -2.28. The molecule has 2 rings (SSSR count). The second-order valence-corrected chi connectivity index (χ2v) is 5.16. The molecule has 1 fully saturated rings. The van der Waals surface area contributed by atoms with Crippen LogP contribution in [0.25, 0.3) is 0 Å². The van der Waals surface area contributed by atoms with Gasteiger partial charge in [0.2, 0.25) is 0 Å². The van der Waals surface area contributed by atoms with Gasteiger partial charge < -0.3 is 10.4 Å². The van der Waals surface area contributed by atoms with E-state index >= 15 is 0 Å². The van der Waals surface area contributed by atoms with Gasteiger partial charge in [0, 0.05) is 5.38 Å². The molecule has 0 saturated heterocycles. The third-order valence-corrected chi connectivity index (χ3v) is 3.82. The molecule has 0 atom stereocenters. The number of carbonyl (C=O) groups excluding carboxylic acids is 1. The third-order valence-electron chi connectivity index (χ3n) is 3.31. The van der Waals surface area contributed by atoms with Crippen molar-refractivity contribution in [2.75, 3.05) is 0 Å². The average molecular weight is 269 g/mol. The summed E-state index contributed by atoms with van der Waals surface area (Å²) in [7, 11) is 0. The van der Waals surface area contributed by atoms with E-state index in [2.05, 4.69) is 14.9 Å². The summed E-state index contributed by atoms with van der Waals surface area (Å²) < 4.78 is 3.61. The van der Waals surface area contributed by atoms with Crippen molar-refractivity contribution in [1.29, 1.82) is 0 Å². The minimum absolute atomic E-state index is 0.185. The van der Waals surface area contributed by atoms with Crippen LogP contribution < -0.4 is 5.32 Å². The molecule has 1 saturated carbocycles. The van der Waals surface area contributed by atoms with Gasteiger partial charge in [-0.05, 0) is 24.4 Å². The van der Waals surface area contributed by atoms with E-state index in [-0.39, 0.29) is 5.69 Å². The van der Waals surface area contributed by atoms with Crippen molar-refractivity contribution < 1.29 is 14.7 Å². The first-order valence-corrected chi connectivity index (χ1v) is 6.81. The van der Waals surface area contributed by atoms with Gasteiger partial charge in [-0.2, -0.15) is 0 Å². The molecule has 6 nitrogen and oxygen atoms in total. The normalized spacial score (nSPS) is 18.9. The molecule has 0 unspecified atom stereocenters. The molecule has 1 aromatic rings. The van der Waals surface area contributed by atoms with E-state index in [1.807, 2.05) is 0 Å². The minimum Gasteiger partial charge on any atom is -0.480 e. The third kappa shape index (κ3) is 2.66. The minimum atomic E-state index is -1.14. The molecule has 1 aliphatic carbocycles. The molecule has 0 aliphatic heterocycles. The molecule has 98 valence electrons. The standard InChI is InChI=1S/C11H15N3O3S/c15-9(8-7-18-14-13-8)12-11(10(16)17)5-3-1-2-4-6-11/h7H,1-6H2,(H,12,15)(H,16,17). The number of aliphatic carboxylic acids is 1. The summed E-state index contributed by atoms with van der Waals surface area (Å²) in [5.74, 6) is -1.41. The molecule has 0 spiro atoms. The average Bonchev–Trinajstić information content (AvgIpc) is 2.77. The van der Waals surface area contributed by atoms with Crippen molar-refractivity contribution in [3.05, 3.63) is 11.1 Å². The van der Waals surface area contributed by atoms with E-state index in [9.17, 15) is 14.7 Å². The number of hydrogen-bond donors (Lipinski definition) is 2. The number of carboxylic acids is 1. The molecule has 0 radical (unpaired) electrons. The number of carboxylic acid groups (broad SMARTS) is 1. The zero-order valence-electron chi connectivity index (χ0n) is 9.89. The predicted octanol–water partition coefficient (Wildman–Crippen LogP) is 1.45. The van der Waals surface area contributed by atoms with Crippen LogP contribution >= 0.6 is 11.5 Å². The quantitative estimate of drug-likeness (QED) is 0.810.